The summed E-state index contributed by atoms with van der Waals surface area (Å²) < 4.78 is 18.4. The zero-order chi connectivity index (χ0) is 35.2. The number of carbonyl (C=O) groups excluding carboxylic acids is 1. The van der Waals surface area contributed by atoms with Crippen LogP contribution in [0.2, 0.25) is 0 Å². The zero-order valence-electron chi connectivity index (χ0n) is 29.2. The number of aldehydes is 1. The monoisotopic (exact) mass is 671 g/mol. The number of hydrogen-bond acceptors (Lipinski definition) is 12. The Morgan fingerprint density at radius 1 is 1.00 bits per heavy atom. The van der Waals surface area contributed by atoms with Crippen molar-refractivity contribution in [3.63, 3.8) is 0 Å². The molecule has 0 fully saturated rings. The second-order valence-electron chi connectivity index (χ2n) is 14.0. The molecule has 1 aliphatic rings. The first-order chi connectivity index (χ1) is 23.3. The second kappa shape index (κ2) is 15.4. The lowest BCUT2D eigenvalue weighted by atomic mass is 9.97. The van der Waals surface area contributed by atoms with Crippen molar-refractivity contribution in [2.24, 2.45) is 5.73 Å². The van der Waals surface area contributed by atoms with Gasteiger partial charge in [-0.15, -0.1) is 0 Å². The number of carbonyl (C=O) groups is 1. The van der Waals surface area contributed by atoms with E-state index in [1.807, 2.05) is 50.6 Å². The van der Waals surface area contributed by atoms with Gasteiger partial charge in [-0.3, -0.25) is 0 Å². The molecule has 0 saturated carbocycles. The van der Waals surface area contributed by atoms with Crippen molar-refractivity contribution in [2.75, 3.05) is 44.9 Å². The highest BCUT2D eigenvalue weighted by Crippen LogP contribution is 2.33. The predicted molar refractivity (Wildman–Crippen MR) is 192 cm³/mol. The molecule has 0 amide bonds. The van der Waals surface area contributed by atoms with Gasteiger partial charge in [-0.1, -0.05) is 18.2 Å². The topological polar surface area (TPSA) is 186 Å². The number of aromatic nitrogens is 5. The minimum absolute atomic E-state index is 0.133. The summed E-state index contributed by atoms with van der Waals surface area (Å²) in [4.78, 5) is 25.4. The molecule has 49 heavy (non-hydrogen) atoms. The van der Waals surface area contributed by atoms with Gasteiger partial charge in [0, 0.05) is 43.8 Å². The van der Waals surface area contributed by atoms with Crippen LogP contribution in [0, 0.1) is 0 Å². The number of anilines is 2. The van der Waals surface area contributed by atoms with Crippen LogP contribution in [-0.2, 0) is 33.8 Å². The summed E-state index contributed by atoms with van der Waals surface area (Å²) in [5.74, 6) is 0.393. The molecule has 2 aromatic carbocycles. The third-order valence-electron chi connectivity index (χ3n) is 8.51. The van der Waals surface area contributed by atoms with Gasteiger partial charge in [0.05, 0.1) is 24.1 Å². The number of benzene rings is 2. The van der Waals surface area contributed by atoms with Crippen molar-refractivity contribution < 1.29 is 18.7 Å². The molecule has 5 aromatic rings. The Morgan fingerprint density at radius 2 is 1.82 bits per heavy atom. The molecule has 0 aliphatic carbocycles. The first-order valence-corrected chi connectivity index (χ1v) is 16.7. The highest BCUT2D eigenvalue weighted by atomic mass is 16.5. The number of ether oxygens (including phenoxy) is 2. The first-order valence-electron chi connectivity index (χ1n) is 16.7. The van der Waals surface area contributed by atoms with Crippen molar-refractivity contribution in [2.45, 2.75) is 77.6 Å². The van der Waals surface area contributed by atoms with E-state index in [2.05, 4.69) is 45.1 Å². The normalized spacial score (nSPS) is 13.8. The Labute approximate surface area is 287 Å². The molecule has 4 heterocycles. The number of rotatable bonds is 13. The average Bonchev–Trinajstić information content (AvgIpc) is 3.60. The molecule has 0 unspecified atom stereocenters. The van der Waals surface area contributed by atoms with Gasteiger partial charge in [0.25, 0.3) is 6.01 Å². The first kappa shape index (κ1) is 35.9. The Bertz CT molecular complexity index is 1880. The highest BCUT2D eigenvalue weighted by Gasteiger charge is 2.21. The number of nitrogens with two attached hydrogens (primary N) is 3. The fraction of sp³-hybridized carbons (Fsp3) is 0.472. The largest absolute Gasteiger partial charge is 0.424 e. The standard InChI is InChI=1S/C23H22N8O.C13H27NO3/c1-30-7-6-14-8-13(2-3-16(14)11-30)10-31-22-19(21(24)26-12-27-22)20(29-31)15-4-5-18-17(9-15)28-23(25)32-18;1-12(2,14)6-11-17-13(3,4)7-10-16-9-5-8-15/h2-5,8-9,12H,6-7,10-11H2,1H3,(H2,25,28)(H2,24,26,27);8H,5-7,9-11,14H2,1-4H3. The predicted octanol–water partition coefficient (Wildman–Crippen LogP) is 4.74. The number of nitrogens with zero attached hydrogens (tertiary/aromatic N) is 6. The Kier molecular flexibility index (Phi) is 11.3. The van der Waals surface area contributed by atoms with E-state index in [9.17, 15) is 4.79 Å². The molecule has 6 rings (SSSR count). The van der Waals surface area contributed by atoms with E-state index in [4.69, 9.17) is 36.2 Å². The third-order valence-corrected chi connectivity index (χ3v) is 8.51. The van der Waals surface area contributed by atoms with Crippen LogP contribution in [0.25, 0.3) is 33.4 Å². The maximum Gasteiger partial charge on any atom is 0.292 e. The van der Waals surface area contributed by atoms with Crippen molar-refractivity contribution in [1.29, 1.82) is 0 Å². The van der Waals surface area contributed by atoms with Gasteiger partial charge >= 0.3 is 0 Å². The third kappa shape index (κ3) is 9.60. The lowest BCUT2D eigenvalue weighted by molar-refractivity contribution is -0.109. The van der Waals surface area contributed by atoms with Crippen molar-refractivity contribution in [3.8, 4) is 11.3 Å². The van der Waals surface area contributed by atoms with E-state index >= 15 is 0 Å². The van der Waals surface area contributed by atoms with E-state index in [1.54, 1.807) is 0 Å². The van der Waals surface area contributed by atoms with E-state index in [0.29, 0.717) is 61.0 Å². The summed E-state index contributed by atoms with van der Waals surface area (Å²) in [6.45, 7) is 12.5. The SMILES string of the molecule is CC(C)(N)CCOC(C)(C)CCOCCC=O.CN1CCc2cc(Cn3nc(-c4ccc5oc(N)nc5c4)c4c(N)ncnc43)ccc2C1. The molecule has 6 N–H and O–H groups in total. The minimum Gasteiger partial charge on any atom is -0.424 e. The van der Waals surface area contributed by atoms with Crippen LogP contribution in [0.15, 0.2) is 47.1 Å². The van der Waals surface area contributed by atoms with Crippen molar-refractivity contribution in [1.82, 2.24) is 29.6 Å². The van der Waals surface area contributed by atoms with E-state index in [0.717, 1.165) is 49.6 Å². The number of nitrogen functional groups attached to an aromatic ring is 2. The number of likely N-dealkylation sites (N-methyl/N-ethyl adjacent to an activating group) is 1. The lowest BCUT2D eigenvalue weighted by Gasteiger charge is -2.27. The van der Waals surface area contributed by atoms with Gasteiger partial charge in [-0.2, -0.15) is 10.1 Å². The van der Waals surface area contributed by atoms with Gasteiger partial charge in [0.2, 0.25) is 0 Å². The molecule has 13 heteroatoms. The Morgan fingerprint density at radius 3 is 2.59 bits per heavy atom. The maximum atomic E-state index is 10.1. The molecule has 3 aromatic heterocycles. The van der Waals surface area contributed by atoms with E-state index in [1.165, 1.54) is 23.0 Å². The highest BCUT2D eigenvalue weighted by molar-refractivity contribution is 5.99. The lowest BCUT2D eigenvalue weighted by Crippen LogP contribution is -2.35. The van der Waals surface area contributed by atoms with Crippen LogP contribution in [0.3, 0.4) is 0 Å². The molecule has 0 radical (unpaired) electrons. The van der Waals surface area contributed by atoms with Crippen LogP contribution in [-0.4, -0.2) is 80.5 Å². The summed E-state index contributed by atoms with van der Waals surface area (Å²) in [6, 6.07) is 12.4. The van der Waals surface area contributed by atoms with Gasteiger partial charge in [-0.05, 0) is 88.9 Å². The van der Waals surface area contributed by atoms with Crippen LogP contribution in [0.4, 0.5) is 11.8 Å². The summed E-state index contributed by atoms with van der Waals surface area (Å²) >= 11 is 0. The van der Waals surface area contributed by atoms with Gasteiger partial charge in [-0.25, -0.2) is 14.6 Å². The average molecular weight is 672 g/mol. The summed E-state index contributed by atoms with van der Waals surface area (Å²) in [6.07, 6.45) is 5.51. The number of hydrogen-bond donors (Lipinski definition) is 3. The Balaban J connectivity index is 0.000000236. The van der Waals surface area contributed by atoms with Crippen LogP contribution in [0.1, 0.15) is 63.6 Å². The molecular weight excluding hydrogens is 622 g/mol. The quantitative estimate of drug-likeness (QED) is 0.115. The molecular formula is C36H49N9O4. The fourth-order valence-electron chi connectivity index (χ4n) is 5.67. The van der Waals surface area contributed by atoms with Gasteiger partial charge in [0.15, 0.2) is 11.2 Å². The van der Waals surface area contributed by atoms with E-state index in [-0.39, 0.29) is 17.2 Å². The molecule has 1 aliphatic heterocycles. The van der Waals surface area contributed by atoms with E-state index < -0.39 is 0 Å². The fourth-order valence-corrected chi connectivity index (χ4v) is 5.67. The number of fused-ring (bicyclic) bond motifs is 3. The van der Waals surface area contributed by atoms with Crippen LogP contribution in [0.5, 0.6) is 0 Å². The van der Waals surface area contributed by atoms with Crippen molar-refractivity contribution in [3.05, 3.63) is 59.4 Å². The van der Waals surface area contributed by atoms with Crippen LogP contribution >= 0.6 is 0 Å². The molecule has 0 bridgehead atoms. The second-order valence-corrected chi connectivity index (χ2v) is 14.0. The maximum absolute atomic E-state index is 10.1. The minimum atomic E-state index is -0.202. The van der Waals surface area contributed by atoms with Gasteiger partial charge < -0.3 is 40.8 Å². The summed E-state index contributed by atoms with van der Waals surface area (Å²) in [5, 5.41) is 5.61. The zero-order valence-corrected chi connectivity index (χ0v) is 29.2. The molecule has 13 nitrogen and oxygen atoms in total. The summed E-state index contributed by atoms with van der Waals surface area (Å²) in [7, 11) is 2.16. The molecule has 0 spiro atoms. The van der Waals surface area contributed by atoms with Crippen LogP contribution < -0.4 is 17.2 Å². The molecule has 0 atom stereocenters. The number of oxazole rings is 1. The smallest absolute Gasteiger partial charge is 0.292 e. The van der Waals surface area contributed by atoms with Gasteiger partial charge in [0.1, 0.15) is 29.6 Å². The molecule has 0 saturated heterocycles. The summed E-state index contributed by atoms with van der Waals surface area (Å²) in [5.41, 5.74) is 25.0. The molecule has 262 valence electrons. The Hall–Kier alpha value is -4.43. The van der Waals surface area contributed by atoms with Crippen molar-refractivity contribution >= 4 is 40.3 Å².